The van der Waals surface area contributed by atoms with E-state index < -0.39 is 0 Å². The maximum Gasteiger partial charge on any atom is 0.187 e. The summed E-state index contributed by atoms with van der Waals surface area (Å²) in [5.74, 6) is 0.731. The van der Waals surface area contributed by atoms with Gasteiger partial charge in [0.05, 0.1) is 6.04 Å². The fraction of sp³-hybridized carbons (Fsp3) is 0.182. The summed E-state index contributed by atoms with van der Waals surface area (Å²) in [6, 6.07) is 3.77. The van der Waals surface area contributed by atoms with Gasteiger partial charge >= 0.3 is 0 Å². The van der Waals surface area contributed by atoms with Crippen LogP contribution in [0.2, 0.25) is 0 Å². The number of nitrogens with two attached hydrogens (primary N) is 1. The molecular formula is C11H10BrN5S. The van der Waals surface area contributed by atoms with Gasteiger partial charge in [-0.1, -0.05) is 0 Å². The van der Waals surface area contributed by atoms with Gasteiger partial charge in [-0.25, -0.2) is 4.98 Å². The lowest BCUT2D eigenvalue weighted by Gasteiger charge is -1.98. The molecule has 0 saturated carbocycles. The number of hydrogen-bond acceptors (Lipinski definition) is 5. The predicted molar refractivity (Wildman–Crippen MR) is 74.4 cm³/mol. The minimum atomic E-state index is -0.0605. The highest BCUT2D eigenvalue weighted by Gasteiger charge is 2.13. The van der Waals surface area contributed by atoms with Crippen LogP contribution in [0.25, 0.3) is 17.2 Å². The van der Waals surface area contributed by atoms with Gasteiger partial charge in [-0.2, -0.15) is 0 Å². The molecule has 0 bridgehead atoms. The van der Waals surface area contributed by atoms with Gasteiger partial charge in [0.25, 0.3) is 0 Å². The van der Waals surface area contributed by atoms with Crippen LogP contribution in [0.1, 0.15) is 18.0 Å². The predicted octanol–water partition coefficient (Wildman–Crippen LogP) is 2.64. The maximum atomic E-state index is 5.81. The fourth-order valence-electron chi connectivity index (χ4n) is 1.64. The van der Waals surface area contributed by atoms with E-state index in [4.69, 9.17) is 5.73 Å². The van der Waals surface area contributed by atoms with Gasteiger partial charge in [0.15, 0.2) is 11.5 Å². The Morgan fingerprint density at radius 3 is 2.94 bits per heavy atom. The van der Waals surface area contributed by atoms with E-state index in [-0.39, 0.29) is 6.04 Å². The molecule has 1 atom stereocenters. The van der Waals surface area contributed by atoms with Crippen LogP contribution < -0.4 is 5.73 Å². The molecule has 0 aliphatic carbocycles. The average Bonchev–Trinajstić information content (AvgIpc) is 2.93. The Kier molecular flexibility index (Phi) is 2.89. The van der Waals surface area contributed by atoms with E-state index in [1.807, 2.05) is 35.0 Å². The van der Waals surface area contributed by atoms with E-state index in [1.54, 1.807) is 0 Å². The first kappa shape index (κ1) is 11.8. The molecule has 0 aliphatic rings. The molecule has 3 aromatic heterocycles. The van der Waals surface area contributed by atoms with Gasteiger partial charge in [-0.3, -0.25) is 4.40 Å². The Hall–Kier alpha value is -1.31. The molecule has 0 saturated heterocycles. The first-order valence-electron chi connectivity index (χ1n) is 5.37. The zero-order valence-electron chi connectivity index (χ0n) is 9.54. The first-order chi connectivity index (χ1) is 8.65. The highest BCUT2D eigenvalue weighted by molar-refractivity contribution is 9.10. The SMILES string of the molecule is CC(N)c1nc(-c2nnc3ccc(Br)cn23)cs1. The topological polar surface area (TPSA) is 69.1 Å². The molecule has 92 valence electrons. The van der Waals surface area contributed by atoms with Crippen molar-refractivity contribution in [1.82, 2.24) is 19.6 Å². The van der Waals surface area contributed by atoms with E-state index in [9.17, 15) is 0 Å². The van der Waals surface area contributed by atoms with Crippen molar-refractivity contribution in [2.24, 2.45) is 5.73 Å². The standard InChI is InChI=1S/C11H10BrN5S/c1-6(13)11-14-8(5-18-11)10-16-15-9-3-2-7(12)4-17(9)10/h2-6H,13H2,1H3. The van der Waals surface area contributed by atoms with E-state index in [0.717, 1.165) is 26.6 Å². The largest absolute Gasteiger partial charge is 0.322 e. The van der Waals surface area contributed by atoms with Gasteiger partial charge in [0.1, 0.15) is 10.7 Å². The lowest BCUT2D eigenvalue weighted by atomic mass is 10.4. The fourth-order valence-corrected chi connectivity index (χ4v) is 2.73. The quantitative estimate of drug-likeness (QED) is 0.787. The van der Waals surface area contributed by atoms with E-state index in [1.165, 1.54) is 11.3 Å². The van der Waals surface area contributed by atoms with Crippen LogP contribution >= 0.6 is 27.3 Å². The Labute approximate surface area is 116 Å². The van der Waals surface area contributed by atoms with Crippen molar-refractivity contribution in [3.05, 3.63) is 33.2 Å². The van der Waals surface area contributed by atoms with Gasteiger partial charge in [-0.15, -0.1) is 21.5 Å². The molecule has 0 fully saturated rings. The third-order valence-electron chi connectivity index (χ3n) is 2.51. The third-order valence-corrected chi connectivity index (χ3v) is 4.02. The van der Waals surface area contributed by atoms with Gasteiger partial charge in [0, 0.05) is 16.0 Å². The van der Waals surface area contributed by atoms with Crippen LogP contribution in [0, 0.1) is 0 Å². The monoisotopic (exact) mass is 323 g/mol. The van der Waals surface area contributed by atoms with Crippen LogP contribution in [-0.2, 0) is 0 Å². The number of aromatic nitrogens is 4. The molecule has 0 aromatic carbocycles. The Morgan fingerprint density at radius 1 is 1.39 bits per heavy atom. The number of halogens is 1. The number of nitrogens with zero attached hydrogens (tertiary/aromatic N) is 4. The van der Waals surface area contributed by atoms with Crippen LogP contribution in [0.4, 0.5) is 0 Å². The smallest absolute Gasteiger partial charge is 0.187 e. The molecule has 0 aliphatic heterocycles. The van der Waals surface area contributed by atoms with Crippen molar-refractivity contribution in [2.75, 3.05) is 0 Å². The molecule has 3 rings (SSSR count). The van der Waals surface area contributed by atoms with E-state index in [2.05, 4.69) is 31.1 Å². The molecule has 18 heavy (non-hydrogen) atoms. The number of fused-ring (bicyclic) bond motifs is 1. The highest BCUT2D eigenvalue weighted by atomic mass is 79.9. The molecule has 0 radical (unpaired) electrons. The van der Waals surface area contributed by atoms with Crippen molar-refractivity contribution in [1.29, 1.82) is 0 Å². The molecule has 7 heteroatoms. The summed E-state index contributed by atoms with van der Waals surface area (Å²) in [7, 11) is 0. The highest BCUT2D eigenvalue weighted by Crippen LogP contribution is 2.24. The van der Waals surface area contributed by atoms with Gasteiger partial charge < -0.3 is 5.73 Å². The van der Waals surface area contributed by atoms with Crippen LogP contribution in [0.3, 0.4) is 0 Å². The van der Waals surface area contributed by atoms with Crippen molar-refractivity contribution in [2.45, 2.75) is 13.0 Å². The first-order valence-corrected chi connectivity index (χ1v) is 7.04. The molecule has 3 aromatic rings. The van der Waals surface area contributed by atoms with Gasteiger partial charge in [0.2, 0.25) is 0 Å². The molecular weight excluding hydrogens is 314 g/mol. The summed E-state index contributed by atoms with van der Waals surface area (Å²) >= 11 is 4.98. The minimum Gasteiger partial charge on any atom is -0.322 e. The van der Waals surface area contributed by atoms with Crippen molar-refractivity contribution >= 4 is 32.9 Å². The zero-order chi connectivity index (χ0) is 12.7. The second kappa shape index (κ2) is 4.42. The number of hydrogen-bond donors (Lipinski definition) is 1. The van der Waals surface area contributed by atoms with Crippen molar-refractivity contribution < 1.29 is 0 Å². The lowest BCUT2D eigenvalue weighted by molar-refractivity contribution is 0.807. The number of thiazole rings is 1. The van der Waals surface area contributed by atoms with Crippen LogP contribution in [0.5, 0.6) is 0 Å². The van der Waals surface area contributed by atoms with Crippen LogP contribution in [-0.4, -0.2) is 19.6 Å². The molecule has 0 spiro atoms. The third kappa shape index (κ3) is 1.94. The molecule has 5 nitrogen and oxygen atoms in total. The lowest BCUT2D eigenvalue weighted by Crippen LogP contribution is -2.04. The Morgan fingerprint density at radius 2 is 2.22 bits per heavy atom. The Balaban J connectivity index is 2.15. The molecule has 2 N–H and O–H groups in total. The summed E-state index contributed by atoms with van der Waals surface area (Å²) in [6.45, 7) is 1.92. The average molecular weight is 324 g/mol. The van der Waals surface area contributed by atoms with E-state index in [0.29, 0.717) is 0 Å². The molecule has 1 unspecified atom stereocenters. The minimum absolute atomic E-state index is 0.0605. The van der Waals surface area contributed by atoms with Crippen molar-refractivity contribution in [3.8, 4) is 11.5 Å². The second-order valence-electron chi connectivity index (χ2n) is 3.96. The molecule has 0 amide bonds. The summed E-state index contributed by atoms with van der Waals surface area (Å²) in [6.07, 6.45) is 1.93. The summed E-state index contributed by atoms with van der Waals surface area (Å²) in [4.78, 5) is 4.49. The summed E-state index contributed by atoms with van der Waals surface area (Å²) in [5.41, 5.74) is 7.41. The number of pyridine rings is 1. The number of rotatable bonds is 2. The second-order valence-corrected chi connectivity index (χ2v) is 5.76. The molecule has 3 heterocycles. The summed E-state index contributed by atoms with van der Waals surface area (Å²) in [5, 5.41) is 11.1. The summed E-state index contributed by atoms with van der Waals surface area (Å²) < 4.78 is 2.88. The van der Waals surface area contributed by atoms with Gasteiger partial charge in [-0.05, 0) is 35.0 Å². The van der Waals surface area contributed by atoms with E-state index >= 15 is 0 Å². The normalized spacial score (nSPS) is 13.1. The zero-order valence-corrected chi connectivity index (χ0v) is 11.9. The Bertz CT molecular complexity index is 702. The van der Waals surface area contributed by atoms with Crippen LogP contribution in [0.15, 0.2) is 28.2 Å². The maximum absolute atomic E-state index is 5.81. The van der Waals surface area contributed by atoms with Crippen molar-refractivity contribution in [3.63, 3.8) is 0 Å².